The van der Waals surface area contributed by atoms with E-state index < -0.39 is 0 Å². The summed E-state index contributed by atoms with van der Waals surface area (Å²) in [5.74, 6) is 0. The van der Waals surface area contributed by atoms with Crippen LogP contribution in [0.25, 0.3) is 45.6 Å². The molecule has 0 aromatic heterocycles. The number of benzene rings is 9. The molecule has 9 aromatic carbocycles. The van der Waals surface area contributed by atoms with Crippen LogP contribution in [0.15, 0.2) is 243 Å². The second kappa shape index (κ2) is 19.2. The molecule has 0 amide bonds. The van der Waals surface area contributed by atoms with Crippen LogP contribution >= 0.6 is 0 Å². The molecule has 302 valence electrons. The van der Waals surface area contributed by atoms with Gasteiger partial charge in [-0.15, -0.1) is 0 Å². The zero-order valence-electron chi connectivity index (χ0n) is 35.0. The van der Waals surface area contributed by atoms with Crippen molar-refractivity contribution in [3.05, 3.63) is 265 Å². The van der Waals surface area contributed by atoms with Gasteiger partial charge in [0.15, 0.2) is 0 Å². The number of allylic oxidation sites excluding steroid dienone is 2. The summed E-state index contributed by atoms with van der Waals surface area (Å²) in [5, 5.41) is 20.4. The lowest BCUT2D eigenvalue weighted by molar-refractivity contribution is 1.28. The fourth-order valence-electron chi connectivity index (χ4n) is 7.88. The van der Waals surface area contributed by atoms with Gasteiger partial charge in [0.25, 0.3) is 0 Å². The Kier molecular flexibility index (Phi) is 12.1. The number of hydrogen-bond donors (Lipinski definition) is 0. The average molecular weight is 819 g/mol. The SMILES string of the molecule is N#CC(=Cc1ccc(-c2ccc(-c3ccc(C=C(C#N)c4ccc(N(c5ccccc5)c5ccccc5)cc4)cc3)cc2)cc1)c1ccc(N(c2ccccc2)c2ccccc2)cc1. The van der Waals surface area contributed by atoms with Gasteiger partial charge in [-0.3, -0.25) is 0 Å². The van der Waals surface area contributed by atoms with Gasteiger partial charge in [-0.05, 0) is 129 Å². The fraction of sp³-hybridized carbons (Fsp3) is 0. The first-order chi connectivity index (χ1) is 31.6. The lowest BCUT2D eigenvalue weighted by Crippen LogP contribution is -2.09. The van der Waals surface area contributed by atoms with Gasteiger partial charge in [-0.25, -0.2) is 0 Å². The molecule has 0 saturated carbocycles. The van der Waals surface area contributed by atoms with Crippen molar-refractivity contribution < 1.29 is 0 Å². The van der Waals surface area contributed by atoms with Crippen molar-refractivity contribution in [1.82, 2.24) is 0 Å². The first-order valence-corrected chi connectivity index (χ1v) is 21.2. The minimum absolute atomic E-state index is 0.601. The second-order valence-corrected chi connectivity index (χ2v) is 15.3. The van der Waals surface area contributed by atoms with Gasteiger partial charge < -0.3 is 9.80 Å². The molecule has 0 radical (unpaired) electrons. The molecular weight excluding hydrogens is 777 g/mol. The highest BCUT2D eigenvalue weighted by Crippen LogP contribution is 2.37. The number of nitriles is 2. The highest BCUT2D eigenvalue weighted by atomic mass is 15.1. The molecule has 9 aromatic rings. The molecule has 0 bridgehead atoms. The summed E-state index contributed by atoms with van der Waals surface area (Å²) in [6.07, 6.45) is 3.88. The molecule has 0 aliphatic heterocycles. The van der Waals surface area contributed by atoms with E-state index >= 15 is 0 Å². The van der Waals surface area contributed by atoms with Crippen molar-refractivity contribution in [2.45, 2.75) is 0 Å². The molecule has 9 rings (SSSR count). The smallest absolute Gasteiger partial charge is 0.0998 e. The summed E-state index contributed by atoms with van der Waals surface area (Å²) in [6, 6.07) is 87.5. The number of rotatable bonds is 12. The molecule has 0 spiro atoms. The topological polar surface area (TPSA) is 54.1 Å². The highest BCUT2D eigenvalue weighted by Gasteiger charge is 2.14. The van der Waals surface area contributed by atoms with Crippen LogP contribution in [0.5, 0.6) is 0 Å². The third kappa shape index (κ3) is 9.19. The van der Waals surface area contributed by atoms with Gasteiger partial charge in [-0.2, -0.15) is 10.5 Å². The molecule has 0 saturated heterocycles. The van der Waals surface area contributed by atoms with Gasteiger partial charge in [0.2, 0.25) is 0 Å². The number of hydrogen-bond acceptors (Lipinski definition) is 4. The molecule has 0 atom stereocenters. The Morgan fingerprint density at radius 1 is 0.281 bits per heavy atom. The maximum atomic E-state index is 10.2. The molecule has 0 heterocycles. The van der Waals surface area contributed by atoms with E-state index in [1.165, 1.54) is 0 Å². The lowest BCUT2D eigenvalue weighted by Gasteiger charge is -2.25. The first-order valence-electron chi connectivity index (χ1n) is 21.2. The van der Waals surface area contributed by atoms with Crippen molar-refractivity contribution in [1.29, 1.82) is 10.5 Å². The fourth-order valence-corrected chi connectivity index (χ4v) is 7.88. The average Bonchev–Trinajstić information content (AvgIpc) is 3.37. The Labute approximate surface area is 375 Å². The van der Waals surface area contributed by atoms with Crippen LogP contribution in [0.1, 0.15) is 22.3 Å². The Morgan fingerprint density at radius 3 is 0.766 bits per heavy atom. The minimum Gasteiger partial charge on any atom is -0.311 e. The van der Waals surface area contributed by atoms with Crippen molar-refractivity contribution >= 4 is 57.4 Å². The summed E-state index contributed by atoms with van der Waals surface area (Å²) in [7, 11) is 0. The number of para-hydroxylation sites is 4. The molecule has 0 N–H and O–H groups in total. The standard InChI is InChI=1S/C60H42N4/c61-43-53(51-33-37-59(38-34-51)63(55-13-5-1-6-14-55)56-15-7-2-8-16-56)41-45-21-25-47(26-22-45)49-29-31-50(32-30-49)48-27-23-46(24-28-48)42-54(44-62)52-35-39-60(40-36-52)64(57-17-9-3-10-18-57)58-19-11-4-12-20-58/h1-42H. The van der Waals surface area contributed by atoms with Crippen molar-refractivity contribution in [3.8, 4) is 34.4 Å². The molecule has 0 fully saturated rings. The monoisotopic (exact) mass is 818 g/mol. The van der Waals surface area contributed by atoms with Gasteiger partial charge in [0.1, 0.15) is 0 Å². The van der Waals surface area contributed by atoms with Crippen LogP contribution in [0.2, 0.25) is 0 Å². The van der Waals surface area contributed by atoms with E-state index in [9.17, 15) is 10.5 Å². The zero-order chi connectivity index (χ0) is 43.5. The van der Waals surface area contributed by atoms with Gasteiger partial charge >= 0.3 is 0 Å². The molecule has 0 aliphatic rings. The van der Waals surface area contributed by atoms with E-state index in [-0.39, 0.29) is 0 Å². The third-order valence-electron chi connectivity index (χ3n) is 11.2. The van der Waals surface area contributed by atoms with Crippen molar-refractivity contribution in [3.63, 3.8) is 0 Å². The minimum atomic E-state index is 0.601. The van der Waals surface area contributed by atoms with Crippen LogP contribution in [0, 0.1) is 22.7 Å². The van der Waals surface area contributed by atoms with Gasteiger partial charge in [-0.1, -0.05) is 170 Å². The largest absolute Gasteiger partial charge is 0.311 e. The molecule has 0 unspecified atom stereocenters. The summed E-state index contributed by atoms with van der Waals surface area (Å²) < 4.78 is 0. The Balaban J connectivity index is 0.863. The zero-order valence-corrected chi connectivity index (χ0v) is 35.0. The highest BCUT2D eigenvalue weighted by molar-refractivity contribution is 5.92. The van der Waals surface area contributed by atoms with Crippen LogP contribution in [0.4, 0.5) is 34.1 Å². The Bertz CT molecular complexity index is 2800. The first kappa shape index (κ1) is 40.4. The van der Waals surface area contributed by atoms with Crippen LogP contribution in [-0.2, 0) is 0 Å². The third-order valence-corrected chi connectivity index (χ3v) is 11.2. The van der Waals surface area contributed by atoms with E-state index in [4.69, 9.17) is 0 Å². The summed E-state index contributed by atoms with van der Waals surface area (Å²) in [4.78, 5) is 4.42. The van der Waals surface area contributed by atoms with E-state index in [0.717, 1.165) is 78.6 Å². The van der Waals surface area contributed by atoms with E-state index in [1.54, 1.807) is 0 Å². The Morgan fingerprint density at radius 2 is 0.516 bits per heavy atom. The van der Waals surface area contributed by atoms with Crippen LogP contribution in [-0.4, -0.2) is 0 Å². The molecule has 4 nitrogen and oxygen atoms in total. The van der Waals surface area contributed by atoms with Crippen molar-refractivity contribution in [2.24, 2.45) is 0 Å². The van der Waals surface area contributed by atoms with Gasteiger partial charge in [0.05, 0.1) is 23.3 Å². The summed E-state index contributed by atoms with van der Waals surface area (Å²) in [6.45, 7) is 0. The normalized spacial score (nSPS) is 11.3. The van der Waals surface area contributed by atoms with Crippen LogP contribution < -0.4 is 9.80 Å². The summed E-state index contributed by atoms with van der Waals surface area (Å²) >= 11 is 0. The van der Waals surface area contributed by atoms with Gasteiger partial charge in [0, 0.05) is 34.1 Å². The molecule has 64 heavy (non-hydrogen) atoms. The van der Waals surface area contributed by atoms with E-state index in [0.29, 0.717) is 11.1 Å². The predicted octanol–water partition coefficient (Wildman–Crippen LogP) is 16.1. The number of anilines is 6. The van der Waals surface area contributed by atoms with E-state index in [2.05, 4.69) is 168 Å². The predicted molar refractivity (Wildman–Crippen MR) is 267 cm³/mol. The molecule has 0 aliphatic carbocycles. The molecular formula is C60H42N4. The maximum absolute atomic E-state index is 10.2. The summed E-state index contributed by atoms with van der Waals surface area (Å²) in [5.41, 5.74) is 15.5. The maximum Gasteiger partial charge on any atom is 0.0998 e. The number of nitrogens with zero attached hydrogens (tertiary/aromatic N) is 4. The quantitative estimate of drug-likeness (QED) is 0.0910. The Hall–Kier alpha value is -8.96. The molecule has 4 heteroatoms. The lowest BCUT2D eigenvalue weighted by atomic mass is 9.97. The van der Waals surface area contributed by atoms with Crippen LogP contribution in [0.3, 0.4) is 0 Å². The van der Waals surface area contributed by atoms with E-state index in [1.807, 2.05) is 109 Å². The van der Waals surface area contributed by atoms with Crippen molar-refractivity contribution in [2.75, 3.05) is 9.80 Å². The second-order valence-electron chi connectivity index (χ2n) is 15.3.